The summed E-state index contributed by atoms with van der Waals surface area (Å²) in [6.45, 7) is 19.6. The summed E-state index contributed by atoms with van der Waals surface area (Å²) in [5.74, 6) is 0.355. The molecule has 210 valence electrons. The van der Waals surface area contributed by atoms with Gasteiger partial charge in [-0.2, -0.15) is 5.26 Å². The number of nitrogens with zero attached hydrogens (tertiary/aromatic N) is 3. The first-order valence-electron chi connectivity index (χ1n) is 13.1. The molecule has 2 fully saturated rings. The minimum absolute atomic E-state index is 0.0766. The Morgan fingerprint density at radius 3 is 2.34 bits per heavy atom. The normalized spacial score (nSPS) is 24.1. The summed E-state index contributed by atoms with van der Waals surface area (Å²) in [6, 6.07) is 4.97. The minimum Gasteiger partial charge on any atom is -0.469 e. The van der Waals surface area contributed by atoms with Gasteiger partial charge in [0.15, 0.2) is 14.4 Å². The van der Waals surface area contributed by atoms with Crippen LogP contribution in [0, 0.1) is 11.3 Å². The molecule has 0 amide bonds. The van der Waals surface area contributed by atoms with Gasteiger partial charge in [-0.05, 0) is 30.2 Å². The van der Waals surface area contributed by atoms with Crippen molar-refractivity contribution in [2.24, 2.45) is 0 Å². The summed E-state index contributed by atoms with van der Waals surface area (Å²) in [7, 11) is -3.28. The van der Waals surface area contributed by atoms with E-state index in [1.54, 1.807) is 10.6 Å². The lowest BCUT2D eigenvalue weighted by atomic mass is 10.1. The van der Waals surface area contributed by atoms with Crippen LogP contribution in [0.25, 0.3) is 11.0 Å². The third kappa shape index (κ3) is 6.10. The molecule has 12 heteroatoms. The first-order chi connectivity index (χ1) is 17.6. The number of aromatic nitrogens is 2. The highest BCUT2D eigenvalue weighted by atomic mass is 35.5. The molecule has 0 bridgehead atoms. The van der Waals surface area contributed by atoms with Crippen LogP contribution in [0.15, 0.2) is 6.07 Å². The zero-order valence-corrected chi connectivity index (χ0v) is 27.1. The first-order valence-corrected chi connectivity index (χ1v) is 20.4. The summed E-state index contributed by atoms with van der Waals surface area (Å²) < 4.78 is 33.3. The average molecular weight is 601 g/mol. The number of hydrogen-bond donors (Lipinski definition) is 0. The quantitative estimate of drug-likeness (QED) is 0.185. The fourth-order valence-corrected chi connectivity index (χ4v) is 6.76. The van der Waals surface area contributed by atoms with E-state index in [-0.39, 0.29) is 40.8 Å². The van der Waals surface area contributed by atoms with Gasteiger partial charge < -0.3 is 23.4 Å². The molecule has 0 spiro atoms. The van der Waals surface area contributed by atoms with Crippen LogP contribution in [0.2, 0.25) is 54.0 Å². The molecule has 4 rings (SSSR count). The molecule has 4 heterocycles. The van der Waals surface area contributed by atoms with Gasteiger partial charge in [-0.3, -0.25) is 4.57 Å². The second kappa shape index (κ2) is 11.0. The summed E-state index contributed by atoms with van der Waals surface area (Å²) in [5, 5.41) is 10.6. The molecule has 2 aliphatic rings. The second-order valence-electron chi connectivity index (χ2n) is 12.9. The van der Waals surface area contributed by atoms with Gasteiger partial charge in [0.25, 0.3) is 0 Å². The van der Waals surface area contributed by atoms with Crippen LogP contribution >= 0.6 is 23.2 Å². The fourth-order valence-electron chi connectivity index (χ4n) is 4.41. The van der Waals surface area contributed by atoms with Crippen LogP contribution in [0.3, 0.4) is 0 Å². The Morgan fingerprint density at radius 2 is 1.74 bits per heavy atom. The molecule has 4 atom stereocenters. The Bertz CT molecular complexity index is 1220. The number of rotatable bonds is 9. The van der Waals surface area contributed by atoms with Gasteiger partial charge in [-0.25, -0.2) is 4.98 Å². The van der Waals surface area contributed by atoms with E-state index in [9.17, 15) is 5.26 Å². The van der Waals surface area contributed by atoms with Crippen molar-refractivity contribution in [3.63, 3.8) is 0 Å². The van der Waals surface area contributed by atoms with Gasteiger partial charge in [-0.1, -0.05) is 63.6 Å². The molecule has 38 heavy (non-hydrogen) atoms. The van der Waals surface area contributed by atoms with E-state index >= 15 is 0 Å². The SMILES string of the molecule is CC(C)(C)[Si](C)(C)O[C@@H]1CO[C@H]2[C@@H]1OC[C@H]2Oc1c(C#N)c2nc(Cl)c(Cl)cc2n1COCC[Si](C)(C)C. The molecule has 2 aromatic heterocycles. The van der Waals surface area contributed by atoms with Gasteiger partial charge in [0, 0.05) is 14.7 Å². The topological polar surface area (TPSA) is 87.8 Å². The van der Waals surface area contributed by atoms with Gasteiger partial charge >= 0.3 is 0 Å². The molecule has 0 saturated carbocycles. The van der Waals surface area contributed by atoms with Crippen LogP contribution < -0.4 is 4.74 Å². The van der Waals surface area contributed by atoms with E-state index in [0.717, 1.165) is 6.04 Å². The third-order valence-corrected chi connectivity index (χ3v) is 14.6. The van der Waals surface area contributed by atoms with Crippen molar-refractivity contribution in [3.8, 4) is 11.9 Å². The lowest BCUT2D eigenvalue weighted by Crippen LogP contribution is -2.47. The molecule has 0 aliphatic carbocycles. The number of nitriles is 1. The lowest BCUT2D eigenvalue weighted by molar-refractivity contribution is 0.00849. The van der Waals surface area contributed by atoms with E-state index in [1.807, 2.05) is 0 Å². The average Bonchev–Trinajstić information content (AvgIpc) is 3.45. The number of hydrogen-bond acceptors (Lipinski definition) is 7. The maximum atomic E-state index is 10.1. The third-order valence-electron chi connectivity index (χ3n) is 7.71. The Morgan fingerprint density at radius 1 is 1.11 bits per heavy atom. The van der Waals surface area contributed by atoms with E-state index in [4.69, 9.17) is 46.6 Å². The molecular formula is C26H39Cl2N3O5Si2. The Hall–Kier alpha value is -1.17. The van der Waals surface area contributed by atoms with Crippen molar-refractivity contribution in [2.45, 2.75) is 95.7 Å². The van der Waals surface area contributed by atoms with E-state index in [0.29, 0.717) is 41.8 Å². The van der Waals surface area contributed by atoms with Crippen molar-refractivity contribution >= 4 is 50.6 Å². The maximum Gasteiger partial charge on any atom is 0.217 e. The van der Waals surface area contributed by atoms with Crippen molar-refractivity contribution < 1.29 is 23.4 Å². The fraction of sp³-hybridized carbons (Fsp3) is 0.692. The molecule has 2 aromatic rings. The molecule has 2 aliphatic heterocycles. The number of ether oxygens (including phenoxy) is 4. The largest absolute Gasteiger partial charge is 0.469 e. The van der Waals surface area contributed by atoms with Gasteiger partial charge in [-0.15, -0.1) is 0 Å². The summed E-state index contributed by atoms with van der Waals surface area (Å²) >= 11 is 12.5. The van der Waals surface area contributed by atoms with E-state index in [2.05, 4.69) is 64.6 Å². The second-order valence-corrected chi connectivity index (χ2v) is 24.0. The summed E-state index contributed by atoms with van der Waals surface area (Å²) in [6.07, 6.45) is -1.11. The Kier molecular flexibility index (Phi) is 8.64. The van der Waals surface area contributed by atoms with Gasteiger partial charge in [0.1, 0.15) is 41.2 Å². The molecule has 0 aromatic carbocycles. The van der Waals surface area contributed by atoms with Crippen molar-refractivity contribution in [3.05, 3.63) is 21.8 Å². The Labute approximate surface area is 237 Å². The minimum atomic E-state index is -2.01. The van der Waals surface area contributed by atoms with Crippen LogP contribution in [0.1, 0.15) is 26.3 Å². The van der Waals surface area contributed by atoms with Crippen LogP contribution in [0.4, 0.5) is 0 Å². The van der Waals surface area contributed by atoms with Crippen molar-refractivity contribution in [2.75, 3.05) is 19.8 Å². The number of fused-ring (bicyclic) bond motifs is 2. The smallest absolute Gasteiger partial charge is 0.217 e. The predicted octanol–water partition coefficient (Wildman–Crippen LogP) is 6.46. The molecule has 0 N–H and O–H groups in total. The van der Waals surface area contributed by atoms with Crippen LogP contribution in [-0.4, -0.2) is 70.2 Å². The molecular weight excluding hydrogens is 561 g/mol. The standard InChI is InChI=1S/C26H39Cl2N3O5Si2/c1-26(2,3)38(7,8)36-20-14-34-22-19(13-33-23(20)22)35-25-16(12-29)21-18(11-17(27)24(28)30-21)31(25)15-32-9-10-37(4,5)6/h11,19-20,22-23H,9-10,13-15H2,1-8H3/t19-,20-,22-,23-/m1/s1. The van der Waals surface area contributed by atoms with Gasteiger partial charge in [0.2, 0.25) is 5.88 Å². The molecule has 0 unspecified atom stereocenters. The first kappa shape index (κ1) is 29.8. The van der Waals surface area contributed by atoms with Gasteiger partial charge in [0.05, 0.1) is 29.9 Å². The maximum absolute atomic E-state index is 10.1. The zero-order valence-electron chi connectivity index (χ0n) is 23.6. The van der Waals surface area contributed by atoms with Crippen LogP contribution in [0.5, 0.6) is 5.88 Å². The van der Waals surface area contributed by atoms with Crippen molar-refractivity contribution in [1.29, 1.82) is 5.26 Å². The molecule has 2 saturated heterocycles. The van der Waals surface area contributed by atoms with E-state index in [1.165, 1.54) is 0 Å². The number of halogens is 2. The highest BCUT2D eigenvalue weighted by molar-refractivity contribution is 6.76. The Balaban J connectivity index is 1.59. The molecule has 0 radical (unpaired) electrons. The predicted molar refractivity (Wildman–Crippen MR) is 155 cm³/mol. The lowest BCUT2D eigenvalue weighted by Gasteiger charge is -2.39. The number of pyridine rings is 1. The highest BCUT2D eigenvalue weighted by Gasteiger charge is 2.52. The highest BCUT2D eigenvalue weighted by Crippen LogP contribution is 2.41. The summed E-state index contributed by atoms with van der Waals surface area (Å²) in [4.78, 5) is 4.39. The summed E-state index contributed by atoms with van der Waals surface area (Å²) in [5.41, 5.74) is 1.33. The monoisotopic (exact) mass is 599 g/mol. The van der Waals surface area contributed by atoms with Crippen molar-refractivity contribution in [1.82, 2.24) is 9.55 Å². The van der Waals surface area contributed by atoms with Crippen LogP contribution in [-0.2, 0) is 25.4 Å². The van der Waals surface area contributed by atoms with E-state index < -0.39 is 22.5 Å². The zero-order chi connectivity index (χ0) is 28.0. The molecule has 8 nitrogen and oxygen atoms in total.